The van der Waals surface area contributed by atoms with E-state index in [1.165, 1.54) is 0 Å². The largest absolute Gasteiger partial charge is 0.352 e. The lowest BCUT2D eigenvalue weighted by molar-refractivity contribution is -0.121. The Morgan fingerprint density at radius 1 is 1.32 bits per heavy atom. The van der Waals surface area contributed by atoms with Crippen molar-refractivity contribution in [2.75, 3.05) is 23.4 Å². The fourth-order valence-corrected chi connectivity index (χ4v) is 3.04. The number of carbonyl (C=O) groups excluding carboxylic acids is 2. The van der Waals surface area contributed by atoms with Gasteiger partial charge in [0.05, 0.1) is 0 Å². The molecule has 122 valence electrons. The van der Waals surface area contributed by atoms with Gasteiger partial charge < -0.3 is 21.7 Å². The number of primary amides is 1. The highest BCUT2D eigenvalue weighted by Crippen LogP contribution is 2.11. The fourth-order valence-electron chi connectivity index (χ4n) is 2.10. The molecule has 1 aromatic rings. The van der Waals surface area contributed by atoms with Crippen molar-refractivity contribution in [2.45, 2.75) is 19.0 Å². The molecule has 0 bridgehead atoms. The molecule has 22 heavy (non-hydrogen) atoms. The number of anilines is 1. The third-order valence-corrected chi connectivity index (χ3v) is 4.27. The summed E-state index contributed by atoms with van der Waals surface area (Å²) in [5.74, 6) is 2.15. The van der Waals surface area contributed by atoms with E-state index in [0.29, 0.717) is 18.7 Å². The Labute approximate surface area is 140 Å². The second-order valence-corrected chi connectivity index (χ2v) is 6.04. The molecule has 1 atom stereocenters. The average Bonchev–Trinajstić information content (AvgIpc) is 2.47. The van der Waals surface area contributed by atoms with E-state index in [2.05, 4.69) is 16.0 Å². The van der Waals surface area contributed by atoms with Gasteiger partial charge in [-0.3, -0.25) is 4.79 Å². The second-order valence-electron chi connectivity index (χ2n) is 4.89. The Bertz CT molecular complexity index is 492. The topological polar surface area (TPSA) is 96.2 Å². The first-order valence-electron chi connectivity index (χ1n) is 6.87. The summed E-state index contributed by atoms with van der Waals surface area (Å²) in [6.07, 6.45) is 0.508. The number of halogens is 1. The number of amides is 3. The highest BCUT2D eigenvalue weighted by molar-refractivity contribution is 7.99. The van der Waals surface area contributed by atoms with E-state index in [1.54, 1.807) is 12.1 Å². The highest BCUT2D eigenvalue weighted by atomic mass is 35.5. The van der Waals surface area contributed by atoms with Crippen molar-refractivity contribution in [2.24, 2.45) is 5.73 Å². The number of urea groups is 1. The van der Waals surface area contributed by atoms with Gasteiger partial charge in [-0.2, -0.15) is 11.8 Å². The third-order valence-electron chi connectivity index (χ3n) is 3.14. The van der Waals surface area contributed by atoms with Gasteiger partial charge in [0.25, 0.3) is 0 Å². The minimum atomic E-state index is -0.589. The molecule has 1 aliphatic rings. The molecule has 1 heterocycles. The molecule has 8 heteroatoms. The predicted molar refractivity (Wildman–Crippen MR) is 92.5 cm³/mol. The maximum atomic E-state index is 11.9. The molecule has 6 nitrogen and oxygen atoms in total. The summed E-state index contributed by atoms with van der Waals surface area (Å²) < 4.78 is 0. The Morgan fingerprint density at radius 2 is 2.05 bits per heavy atom. The number of rotatable bonds is 5. The molecule has 1 saturated heterocycles. The Balaban J connectivity index is 0.00000242. The lowest BCUT2D eigenvalue weighted by Gasteiger charge is -2.22. The van der Waals surface area contributed by atoms with Gasteiger partial charge in [0.2, 0.25) is 5.91 Å². The lowest BCUT2D eigenvalue weighted by atomic mass is 10.2. The number of thioether (sulfide) groups is 1. The van der Waals surface area contributed by atoms with Crippen molar-refractivity contribution in [3.8, 4) is 0 Å². The minimum absolute atomic E-state index is 0. The van der Waals surface area contributed by atoms with Crippen LogP contribution in [0, 0.1) is 0 Å². The van der Waals surface area contributed by atoms with Crippen LogP contribution in [0.1, 0.15) is 12.0 Å². The molecule has 1 unspecified atom stereocenters. The van der Waals surface area contributed by atoms with Crippen molar-refractivity contribution in [1.29, 1.82) is 0 Å². The van der Waals surface area contributed by atoms with Crippen LogP contribution < -0.4 is 21.7 Å². The summed E-state index contributed by atoms with van der Waals surface area (Å²) in [7, 11) is 0. The maximum Gasteiger partial charge on any atom is 0.316 e. The van der Waals surface area contributed by atoms with Gasteiger partial charge in [-0.25, -0.2) is 4.79 Å². The van der Waals surface area contributed by atoms with Gasteiger partial charge >= 0.3 is 6.03 Å². The van der Waals surface area contributed by atoms with E-state index in [0.717, 1.165) is 23.6 Å². The van der Waals surface area contributed by atoms with Crippen LogP contribution in [-0.4, -0.2) is 36.0 Å². The summed E-state index contributed by atoms with van der Waals surface area (Å²) in [5.41, 5.74) is 6.65. The molecule has 5 N–H and O–H groups in total. The summed E-state index contributed by atoms with van der Waals surface area (Å²) >= 11 is 1.88. The molecule has 2 rings (SSSR count). The molecule has 1 fully saturated rings. The monoisotopic (exact) mass is 344 g/mol. The van der Waals surface area contributed by atoms with Gasteiger partial charge in [0.1, 0.15) is 0 Å². The zero-order chi connectivity index (χ0) is 15.1. The number of hydrogen-bond donors (Lipinski definition) is 4. The number of nitrogens with one attached hydrogen (secondary N) is 3. The van der Waals surface area contributed by atoms with Crippen LogP contribution in [0.3, 0.4) is 0 Å². The number of hydrogen-bond acceptors (Lipinski definition) is 4. The van der Waals surface area contributed by atoms with Crippen LogP contribution in [0.15, 0.2) is 24.3 Å². The van der Waals surface area contributed by atoms with Crippen LogP contribution in [0.5, 0.6) is 0 Å². The smallest absolute Gasteiger partial charge is 0.316 e. The van der Waals surface area contributed by atoms with E-state index < -0.39 is 6.03 Å². The van der Waals surface area contributed by atoms with E-state index >= 15 is 0 Å². The first-order chi connectivity index (χ1) is 10.1. The molecule has 1 aliphatic heterocycles. The standard InChI is InChI=1S/C14H20N4O2S.ClH/c15-14(20)18-11-3-1-10(2-4-11)8-17-13(19)7-12-9-21-6-5-16-12;/h1-4,12,16H,5-9H2,(H,17,19)(H3,15,18,20);1H. The van der Waals surface area contributed by atoms with Gasteiger partial charge in [-0.15, -0.1) is 12.4 Å². The quantitative estimate of drug-likeness (QED) is 0.647. The maximum absolute atomic E-state index is 11.9. The van der Waals surface area contributed by atoms with E-state index in [9.17, 15) is 9.59 Å². The predicted octanol–water partition coefficient (Wildman–Crippen LogP) is 1.31. The van der Waals surface area contributed by atoms with Crippen LogP contribution in [-0.2, 0) is 11.3 Å². The zero-order valence-corrected chi connectivity index (χ0v) is 13.8. The van der Waals surface area contributed by atoms with Gasteiger partial charge in [-0.05, 0) is 17.7 Å². The van der Waals surface area contributed by atoms with Crippen molar-refractivity contribution in [3.63, 3.8) is 0 Å². The fraction of sp³-hybridized carbons (Fsp3) is 0.429. The average molecular weight is 345 g/mol. The second kappa shape index (κ2) is 9.55. The van der Waals surface area contributed by atoms with Crippen LogP contribution in [0.2, 0.25) is 0 Å². The van der Waals surface area contributed by atoms with Gasteiger partial charge in [0.15, 0.2) is 0 Å². The van der Waals surface area contributed by atoms with E-state index in [1.807, 2.05) is 23.9 Å². The summed E-state index contributed by atoms with van der Waals surface area (Å²) in [4.78, 5) is 22.6. The van der Waals surface area contributed by atoms with Crippen molar-refractivity contribution in [3.05, 3.63) is 29.8 Å². The zero-order valence-electron chi connectivity index (χ0n) is 12.1. The van der Waals surface area contributed by atoms with Crippen molar-refractivity contribution in [1.82, 2.24) is 10.6 Å². The first-order valence-corrected chi connectivity index (χ1v) is 8.02. The number of benzene rings is 1. The third kappa shape index (κ3) is 6.55. The summed E-state index contributed by atoms with van der Waals surface area (Å²) in [6.45, 7) is 1.45. The van der Waals surface area contributed by atoms with Gasteiger partial charge in [0, 0.05) is 42.7 Å². The Hall–Kier alpha value is -1.44. The summed E-state index contributed by atoms with van der Waals surface area (Å²) in [6, 6.07) is 6.89. The van der Waals surface area contributed by atoms with Crippen molar-refractivity contribution < 1.29 is 9.59 Å². The number of nitrogens with two attached hydrogens (primary N) is 1. The molecular weight excluding hydrogens is 324 g/mol. The molecule has 0 aliphatic carbocycles. The normalized spacial score (nSPS) is 17.2. The highest BCUT2D eigenvalue weighted by Gasteiger charge is 2.16. The molecule has 0 spiro atoms. The first kappa shape index (κ1) is 18.6. The van der Waals surface area contributed by atoms with Crippen LogP contribution in [0.4, 0.5) is 10.5 Å². The van der Waals surface area contributed by atoms with Gasteiger partial charge in [-0.1, -0.05) is 12.1 Å². The SMILES string of the molecule is Cl.NC(=O)Nc1ccc(CNC(=O)CC2CSCCN2)cc1. The number of carbonyl (C=O) groups is 2. The van der Waals surface area contributed by atoms with E-state index in [4.69, 9.17) is 5.73 Å². The van der Waals surface area contributed by atoms with Crippen molar-refractivity contribution >= 4 is 41.8 Å². The van der Waals surface area contributed by atoms with E-state index in [-0.39, 0.29) is 24.4 Å². The molecule has 3 amide bonds. The molecule has 0 radical (unpaired) electrons. The molecule has 1 aromatic carbocycles. The lowest BCUT2D eigenvalue weighted by Crippen LogP contribution is -2.41. The Kier molecular flexibility index (Phi) is 8.08. The van der Waals surface area contributed by atoms with Crippen LogP contribution in [0.25, 0.3) is 0 Å². The molecular formula is C14H21ClN4O2S. The Morgan fingerprint density at radius 3 is 2.64 bits per heavy atom. The molecule has 0 aromatic heterocycles. The minimum Gasteiger partial charge on any atom is -0.352 e. The molecule has 0 saturated carbocycles. The van der Waals surface area contributed by atoms with Crippen LogP contribution >= 0.6 is 24.2 Å². The summed E-state index contributed by atoms with van der Waals surface area (Å²) in [5, 5.41) is 8.74.